The fraction of sp³-hybridized carbons (Fsp3) is 0.273. The van der Waals surface area contributed by atoms with Crippen LogP contribution in [0.5, 0.6) is 5.75 Å². The molecule has 0 bridgehead atoms. The molecule has 0 unspecified atom stereocenters. The van der Waals surface area contributed by atoms with Gasteiger partial charge >= 0.3 is 5.95 Å². The van der Waals surface area contributed by atoms with Crippen LogP contribution in [0.1, 0.15) is 25.0 Å². The van der Waals surface area contributed by atoms with Crippen LogP contribution in [-0.2, 0) is 27.4 Å². The average Bonchev–Trinajstić information content (AvgIpc) is 3.10. The number of aliphatic hydroxyl groups is 1. The van der Waals surface area contributed by atoms with Crippen LogP contribution in [0.25, 0.3) is 0 Å². The second kappa shape index (κ2) is 10.5. The van der Waals surface area contributed by atoms with Crippen LogP contribution in [0, 0.1) is 10.1 Å². The molecule has 34 heavy (non-hydrogen) atoms. The number of nitrogens with one attached hydrogen (secondary N) is 2. The molecule has 0 aromatic heterocycles. The Hall–Kier alpha value is -4.32. The second-order valence-electron chi connectivity index (χ2n) is 7.28. The number of carbonyl (C=O) groups is 2. The molecule has 1 heterocycles. The smallest absolute Gasteiger partial charge is 0.308 e. The van der Waals surface area contributed by atoms with Gasteiger partial charge in [-0.1, -0.05) is 12.1 Å². The minimum absolute atomic E-state index is 0.0958. The van der Waals surface area contributed by atoms with Gasteiger partial charge < -0.3 is 19.9 Å². The van der Waals surface area contributed by atoms with E-state index in [1.807, 2.05) is 0 Å². The molecule has 12 heteroatoms. The normalized spacial score (nSPS) is 15.0. The van der Waals surface area contributed by atoms with Crippen molar-refractivity contribution in [2.45, 2.75) is 26.9 Å². The lowest BCUT2D eigenvalue weighted by Crippen LogP contribution is -2.42. The van der Waals surface area contributed by atoms with E-state index in [2.05, 4.69) is 10.7 Å². The van der Waals surface area contributed by atoms with E-state index in [9.17, 15) is 24.8 Å². The number of anilines is 1. The molecule has 0 saturated carbocycles. The van der Waals surface area contributed by atoms with Crippen molar-refractivity contribution < 1.29 is 29.1 Å². The van der Waals surface area contributed by atoms with Gasteiger partial charge in [0.15, 0.2) is 5.70 Å². The molecule has 0 atom stereocenters. The first-order valence-corrected chi connectivity index (χ1v) is 10.3. The lowest BCUT2D eigenvalue weighted by Gasteiger charge is -2.26. The number of nitro benzene ring substituents is 1. The van der Waals surface area contributed by atoms with Crippen molar-refractivity contribution in [2.24, 2.45) is 0 Å². The number of hydrazine groups is 2. The Labute approximate surface area is 195 Å². The van der Waals surface area contributed by atoms with Gasteiger partial charge in [-0.05, 0) is 36.8 Å². The van der Waals surface area contributed by atoms with Gasteiger partial charge in [-0.25, -0.2) is 5.01 Å². The monoisotopic (exact) mass is 471 g/mol. The summed E-state index contributed by atoms with van der Waals surface area (Å²) in [4.78, 5) is 35.5. The molecule has 0 radical (unpaired) electrons. The van der Waals surface area contributed by atoms with Crippen LogP contribution >= 0.6 is 0 Å². The summed E-state index contributed by atoms with van der Waals surface area (Å²) in [6.07, 6.45) is 0. The van der Waals surface area contributed by atoms with Crippen molar-refractivity contribution in [3.63, 3.8) is 0 Å². The topological polar surface area (TPSA) is 147 Å². The predicted molar refractivity (Wildman–Crippen MR) is 121 cm³/mol. The molecule has 1 fully saturated rings. The largest absolute Gasteiger partial charge is 0.497 e. The fourth-order valence-corrected chi connectivity index (χ4v) is 3.32. The molecule has 0 spiro atoms. The van der Waals surface area contributed by atoms with E-state index in [0.29, 0.717) is 5.75 Å². The number of hydrogen-bond donors (Lipinski definition) is 3. The van der Waals surface area contributed by atoms with Gasteiger partial charge in [0.1, 0.15) is 5.75 Å². The SMILES string of the molecule is CCOC(O)=C1NN(Cc2ccc(NC(C)=O)cc2[N+](=O)[O-])N(Cc2ccc(OC)cc2)C1=O. The Morgan fingerprint density at radius 2 is 1.91 bits per heavy atom. The summed E-state index contributed by atoms with van der Waals surface area (Å²) in [7, 11) is 1.54. The number of amides is 2. The summed E-state index contributed by atoms with van der Waals surface area (Å²) in [5.74, 6) is -0.860. The van der Waals surface area contributed by atoms with E-state index in [-0.39, 0.29) is 48.2 Å². The molecule has 1 saturated heterocycles. The lowest BCUT2D eigenvalue weighted by molar-refractivity contribution is -0.385. The number of methoxy groups -OCH3 is 1. The predicted octanol–water partition coefficient (Wildman–Crippen LogP) is 2.59. The zero-order valence-electron chi connectivity index (χ0n) is 18.9. The summed E-state index contributed by atoms with van der Waals surface area (Å²) in [6.45, 7) is 3.11. The van der Waals surface area contributed by atoms with Crippen molar-refractivity contribution in [3.05, 3.63) is 75.3 Å². The number of rotatable bonds is 9. The molecule has 1 aliphatic rings. The van der Waals surface area contributed by atoms with E-state index in [0.717, 1.165) is 5.56 Å². The summed E-state index contributed by atoms with van der Waals surface area (Å²) < 4.78 is 10.2. The molecule has 180 valence electrons. The zero-order valence-corrected chi connectivity index (χ0v) is 18.9. The van der Waals surface area contributed by atoms with Crippen LogP contribution in [0.15, 0.2) is 54.1 Å². The van der Waals surface area contributed by atoms with Gasteiger partial charge in [-0.2, -0.15) is 0 Å². The van der Waals surface area contributed by atoms with E-state index in [4.69, 9.17) is 9.47 Å². The Morgan fingerprint density at radius 3 is 2.50 bits per heavy atom. The molecule has 2 aromatic rings. The van der Waals surface area contributed by atoms with Crippen LogP contribution in [-0.4, -0.2) is 45.7 Å². The maximum atomic E-state index is 13.1. The van der Waals surface area contributed by atoms with E-state index < -0.39 is 16.8 Å². The summed E-state index contributed by atoms with van der Waals surface area (Å²) in [5, 5.41) is 27.0. The van der Waals surface area contributed by atoms with Gasteiger partial charge in [0.25, 0.3) is 11.6 Å². The number of nitro groups is 1. The number of nitrogens with zero attached hydrogens (tertiary/aromatic N) is 3. The van der Waals surface area contributed by atoms with E-state index in [1.165, 1.54) is 35.2 Å². The third kappa shape index (κ3) is 5.53. The summed E-state index contributed by atoms with van der Waals surface area (Å²) in [6, 6.07) is 11.3. The summed E-state index contributed by atoms with van der Waals surface area (Å²) >= 11 is 0. The van der Waals surface area contributed by atoms with E-state index >= 15 is 0 Å². The molecule has 2 amide bonds. The number of hydrogen-bond acceptors (Lipinski definition) is 9. The van der Waals surface area contributed by atoms with Crippen molar-refractivity contribution in [2.75, 3.05) is 19.0 Å². The highest BCUT2D eigenvalue weighted by molar-refractivity contribution is 5.94. The quantitative estimate of drug-likeness (QED) is 0.217. The Morgan fingerprint density at radius 1 is 1.21 bits per heavy atom. The molecule has 1 aliphatic heterocycles. The first-order chi connectivity index (χ1) is 16.2. The maximum Gasteiger partial charge on any atom is 0.308 e. The highest BCUT2D eigenvalue weighted by Crippen LogP contribution is 2.28. The molecule has 12 nitrogen and oxygen atoms in total. The van der Waals surface area contributed by atoms with Gasteiger partial charge in [0, 0.05) is 24.2 Å². The van der Waals surface area contributed by atoms with Gasteiger partial charge in [-0.15, -0.1) is 5.12 Å². The summed E-state index contributed by atoms with van der Waals surface area (Å²) in [5.41, 5.74) is 3.66. The Bertz CT molecular complexity index is 1120. The second-order valence-corrected chi connectivity index (χ2v) is 7.28. The number of benzene rings is 2. The number of carbonyl (C=O) groups excluding carboxylic acids is 2. The minimum atomic E-state index is -0.578. The first kappa shape index (κ1) is 24.3. The highest BCUT2D eigenvalue weighted by atomic mass is 16.6. The van der Waals surface area contributed by atoms with Gasteiger partial charge in [-0.3, -0.25) is 25.1 Å². The van der Waals surface area contributed by atoms with Crippen molar-refractivity contribution in [1.82, 2.24) is 15.6 Å². The molecular weight excluding hydrogens is 446 g/mol. The van der Waals surface area contributed by atoms with Crippen LogP contribution in [0.4, 0.5) is 11.4 Å². The van der Waals surface area contributed by atoms with Crippen molar-refractivity contribution in [3.8, 4) is 5.75 Å². The first-order valence-electron chi connectivity index (χ1n) is 10.3. The van der Waals surface area contributed by atoms with Gasteiger partial charge in [0.05, 0.1) is 31.7 Å². The van der Waals surface area contributed by atoms with Crippen LogP contribution < -0.4 is 15.5 Å². The minimum Gasteiger partial charge on any atom is -0.497 e. The van der Waals surface area contributed by atoms with Crippen molar-refractivity contribution >= 4 is 23.2 Å². The standard InChI is InChI=1S/C22H25N5O7/c1-4-34-22(30)20-21(29)25(12-15-5-9-18(33-3)10-6-15)26(24-20)13-16-7-8-17(23-14(2)28)11-19(16)27(31)32/h5-11,24,30H,4,12-13H2,1-3H3,(H,23,28). The van der Waals surface area contributed by atoms with Crippen molar-refractivity contribution in [1.29, 1.82) is 0 Å². The zero-order chi connectivity index (χ0) is 24.8. The lowest BCUT2D eigenvalue weighted by atomic mass is 10.1. The van der Waals surface area contributed by atoms with Crippen LogP contribution in [0.2, 0.25) is 0 Å². The molecule has 2 aromatic carbocycles. The number of ether oxygens (including phenoxy) is 2. The molecule has 3 rings (SSSR count). The Kier molecular flexibility index (Phi) is 7.53. The van der Waals surface area contributed by atoms with Crippen LogP contribution in [0.3, 0.4) is 0 Å². The fourth-order valence-electron chi connectivity index (χ4n) is 3.32. The van der Waals surface area contributed by atoms with E-state index in [1.54, 1.807) is 38.3 Å². The van der Waals surface area contributed by atoms with Gasteiger partial charge in [0.2, 0.25) is 5.91 Å². The molecular formula is C22H25N5O7. The third-order valence-electron chi connectivity index (χ3n) is 4.89. The third-order valence-corrected chi connectivity index (χ3v) is 4.89. The molecule has 0 aliphatic carbocycles. The maximum absolute atomic E-state index is 13.1. The highest BCUT2D eigenvalue weighted by Gasteiger charge is 2.38. The number of aliphatic hydroxyl groups excluding tert-OH is 1. The molecule has 3 N–H and O–H groups in total. The Balaban J connectivity index is 1.94. The average molecular weight is 471 g/mol.